The average molecular weight is 287 g/mol. The van der Waals surface area contributed by atoms with E-state index in [1.54, 1.807) is 24.3 Å². The van der Waals surface area contributed by atoms with Crippen LogP contribution in [0, 0.1) is 6.92 Å². The monoisotopic (exact) mass is 287 g/mol. The molecule has 3 rings (SSSR count). The number of anilines is 1. The molecule has 1 aromatic carbocycles. The quantitative estimate of drug-likeness (QED) is 0.800. The summed E-state index contributed by atoms with van der Waals surface area (Å²) in [7, 11) is 0. The third-order valence-electron chi connectivity index (χ3n) is 2.80. The zero-order chi connectivity index (χ0) is 13.9. The van der Waals surface area contributed by atoms with Crippen LogP contribution in [0.4, 0.5) is 5.82 Å². The van der Waals surface area contributed by atoms with Gasteiger partial charge in [0.1, 0.15) is 5.76 Å². The van der Waals surface area contributed by atoms with Gasteiger partial charge < -0.3 is 9.84 Å². The fraction of sp³-hybridized carbons (Fsp3) is 0.214. The third kappa shape index (κ3) is 2.85. The van der Waals surface area contributed by atoms with Crippen LogP contribution in [0.3, 0.4) is 0 Å². The summed E-state index contributed by atoms with van der Waals surface area (Å²) in [5.41, 5.74) is 0.986. The summed E-state index contributed by atoms with van der Waals surface area (Å²) in [5, 5.41) is 7.40. The smallest absolute Gasteiger partial charge is 0.226 e. The van der Waals surface area contributed by atoms with Crippen molar-refractivity contribution in [3.8, 4) is 0 Å². The Morgan fingerprint density at radius 2 is 2.25 bits per heavy atom. The first-order chi connectivity index (χ1) is 9.70. The Kier molecular flexibility index (Phi) is 3.47. The number of para-hydroxylation sites is 1. The molecule has 0 atom stereocenters. The van der Waals surface area contributed by atoms with Crippen molar-refractivity contribution in [1.29, 1.82) is 0 Å². The van der Waals surface area contributed by atoms with Crippen LogP contribution in [0.1, 0.15) is 17.2 Å². The molecule has 0 radical (unpaired) electrons. The van der Waals surface area contributed by atoms with Crippen LogP contribution in [0.15, 0.2) is 34.9 Å². The van der Waals surface area contributed by atoms with E-state index in [0.29, 0.717) is 24.4 Å². The van der Waals surface area contributed by atoms with E-state index in [4.69, 9.17) is 4.52 Å². The number of carbonyl (C=O) groups excluding carboxylic acids is 1. The second kappa shape index (κ2) is 5.42. The van der Waals surface area contributed by atoms with Crippen LogP contribution in [0.25, 0.3) is 10.2 Å². The van der Waals surface area contributed by atoms with Crippen LogP contribution >= 0.6 is 11.3 Å². The number of thiazole rings is 1. The van der Waals surface area contributed by atoms with Crippen molar-refractivity contribution in [3.05, 3.63) is 41.1 Å². The van der Waals surface area contributed by atoms with E-state index in [-0.39, 0.29) is 5.91 Å². The van der Waals surface area contributed by atoms with Crippen LogP contribution in [0.5, 0.6) is 0 Å². The number of aromatic nitrogens is 2. The van der Waals surface area contributed by atoms with Crippen LogP contribution < -0.4 is 5.32 Å². The van der Waals surface area contributed by atoms with Gasteiger partial charge in [0.2, 0.25) is 5.91 Å². The summed E-state index contributed by atoms with van der Waals surface area (Å²) in [6, 6.07) is 9.66. The van der Waals surface area contributed by atoms with Gasteiger partial charge in [-0.05, 0) is 19.1 Å². The van der Waals surface area contributed by atoms with Crippen molar-refractivity contribution < 1.29 is 9.32 Å². The maximum absolute atomic E-state index is 11.8. The molecule has 0 saturated carbocycles. The minimum absolute atomic E-state index is 0.0856. The Labute approximate surface area is 119 Å². The molecule has 2 heterocycles. The highest BCUT2D eigenvalue weighted by atomic mass is 32.1. The van der Waals surface area contributed by atoms with E-state index < -0.39 is 0 Å². The zero-order valence-corrected chi connectivity index (χ0v) is 11.7. The third-order valence-corrected chi connectivity index (χ3v) is 3.90. The Bertz CT molecular complexity index is 715. The summed E-state index contributed by atoms with van der Waals surface area (Å²) < 4.78 is 6.04. The molecule has 0 saturated heterocycles. The predicted molar refractivity (Wildman–Crippen MR) is 77.8 cm³/mol. The van der Waals surface area contributed by atoms with Crippen LogP contribution in [-0.2, 0) is 11.2 Å². The summed E-state index contributed by atoms with van der Waals surface area (Å²) in [4.78, 5) is 16.3. The van der Waals surface area contributed by atoms with Crippen molar-refractivity contribution in [2.45, 2.75) is 19.8 Å². The molecule has 0 aliphatic carbocycles. The highest BCUT2D eigenvalue weighted by Gasteiger charge is 2.09. The van der Waals surface area contributed by atoms with Crippen LogP contribution in [0.2, 0.25) is 0 Å². The van der Waals surface area contributed by atoms with Gasteiger partial charge in [-0.1, -0.05) is 17.3 Å². The number of hydrogen-bond acceptors (Lipinski definition) is 5. The molecule has 0 aliphatic rings. The first-order valence-corrected chi connectivity index (χ1v) is 7.10. The molecule has 1 amide bonds. The Morgan fingerprint density at radius 3 is 3.00 bits per heavy atom. The molecular weight excluding hydrogens is 274 g/mol. The fourth-order valence-electron chi connectivity index (χ4n) is 1.88. The van der Waals surface area contributed by atoms with E-state index >= 15 is 0 Å². The van der Waals surface area contributed by atoms with Gasteiger partial charge in [0, 0.05) is 18.9 Å². The molecule has 0 unspecified atom stereocenters. The molecular formula is C14H13N3O2S. The van der Waals surface area contributed by atoms with E-state index in [2.05, 4.69) is 15.5 Å². The van der Waals surface area contributed by atoms with Crippen molar-refractivity contribution >= 4 is 33.3 Å². The van der Waals surface area contributed by atoms with Crippen LogP contribution in [-0.4, -0.2) is 16.0 Å². The summed E-state index contributed by atoms with van der Waals surface area (Å²) in [5.74, 6) is 1.04. The number of aryl methyl sites for hydroxylation is 2. The molecule has 0 aliphatic heterocycles. The molecule has 6 heteroatoms. The highest BCUT2D eigenvalue weighted by Crippen LogP contribution is 2.22. The largest absolute Gasteiger partial charge is 0.360 e. The van der Waals surface area contributed by atoms with Crippen molar-refractivity contribution in [2.24, 2.45) is 0 Å². The SMILES string of the molecule is Cc1cc(NC(=O)CCc2nc3ccccc3s2)no1. The number of hydrogen-bond donors (Lipinski definition) is 1. The highest BCUT2D eigenvalue weighted by molar-refractivity contribution is 7.18. The minimum atomic E-state index is -0.0856. The maximum atomic E-state index is 11.8. The van der Waals surface area contributed by atoms with Crippen molar-refractivity contribution in [1.82, 2.24) is 10.1 Å². The molecule has 5 nitrogen and oxygen atoms in total. The van der Waals surface area contributed by atoms with E-state index in [1.165, 1.54) is 0 Å². The average Bonchev–Trinajstić information content (AvgIpc) is 3.02. The van der Waals surface area contributed by atoms with Gasteiger partial charge in [-0.25, -0.2) is 4.98 Å². The lowest BCUT2D eigenvalue weighted by molar-refractivity contribution is -0.116. The maximum Gasteiger partial charge on any atom is 0.226 e. The summed E-state index contributed by atoms with van der Waals surface area (Å²) >= 11 is 1.62. The fourth-order valence-corrected chi connectivity index (χ4v) is 2.84. The number of carbonyl (C=O) groups is 1. The van der Waals surface area contributed by atoms with Gasteiger partial charge in [0.25, 0.3) is 0 Å². The van der Waals surface area contributed by atoms with Crippen molar-refractivity contribution in [3.63, 3.8) is 0 Å². The van der Waals surface area contributed by atoms with Gasteiger partial charge in [-0.15, -0.1) is 11.3 Å². The first-order valence-electron chi connectivity index (χ1n) is 6.28. The molecule has 1 N–H and O–H groups in total. The summed E-state index contributed by atoms with van der Waals surface area (Å²) in [6.45, 7) is 1.78. The van der Waals surface area contributed by atoms with E-state index in [9.17, 15) is 4.79 Å². The number of rotatable bonds is 4. The standard InChI is InChI=1S/C14H13N3O2S/c1-9-8-12(17-19-9)16-13(18)6-7-14-15-10-4-2-3-5-11(10)20-14/h2-5,8H,6-7H2,1H3,(H,16,17,18). The zero-order valence-electron chi connectivity index (χ0n) is 10.9. The van der Waals surface area contributed by atoms with Gasteiger partial charge in [0.05, 0.1) is 15.2 Å². The Balaban J connectivity index is 1.59. The van der Waals surface area contributed by atoms with E-state index in [0.717, 1.165) is 15.2 Å². The molecule has 0 bridgehead atoms. The van der Waals surface area contributed by atoms with Gasteiger partial charge >= 0.3 is 0 Å². The lowest BCUT2D eigenvalue weighted by atomic mass is 10.3. The first kappa shape index (κ1) is 12.8. The van der Waals surface area contributed by atoms with E-state index in [1.807, 2.05) is 24.3 Å². The Morgan fingerprint density at radius 1 is 1.40 bits per heavy atom. The number of nitrogens with one attached hydrogen (secondary N) is 1. The molecule has 20 heavy (non-hydrogen) atoms. The lowest BCUT2D eigenvalue weighted by Gasteiger charge is -1.98. The Hall–Kier alpha value is -2.21. The second-order valence-corrected chi connectivity index (χ2v) is 5.56. The molecule has 102 valence electrons. The molecule has 3 aromatic rings. The second-order valence-electron chi connectivity index (χ2n) is 4.45. The summed E-state index contributed by atoms with van der Waals surface area (Å²) in [6.07, 6.45) is 1.01. The number of nitrogens with zero attached hydrogens (tertiary/aromatic N) is 2. The van der Waals surface area contributed by atoms with Gasteiger partial charge in [-0.2, -0.15) is 0 Å². The number of amides is 1. The van der Waals surface area contributed by atoms with Gasteiger partial charge in [-0.3, -0.25) is 4.79 Å². The van der Waals surface area contributed by atoms with Gasteiger partial charge in [0.15, 0.2) is 5.82 Å². The molecule has 0 spiro atoms. The van der Waals surface area contributed by atoms with Crippen molar-refractivity contribution in [2.75, 3.05) is 5.32 Å². The minimum Gasteiger partial charge on any atom is -0.360 e. The molecule has 2 aromatic heterocycles. The topological polar surface area (TPSA) is 68.0 Å². The lowest BCUT2D eigenvalue weighted by Crippen LogP contribution is -2.12. The molecule has 0 fully saturated rings. The predicted octanol–water partition coefficient (Wildman–Crippen LogP) is 3.16. The number of benzene rings is 1. The normalized spacial score (nSPS) is 10.8. The number of fused-ring (bicyclic) bond motifs is 1.